The SMILES string of the molecule is CCC(C)C(O)CNC(=O)Cc1c(C)nc2cc(=O)[nH]n2c1C. The number of rotatable bonds is 6. The number of aryl methyl sites for hydroxylation is 2. The van der Waals surface area contributed by atoms with Gasteiger partial charge >= 0.3 is 0 Å². The molecule has 3 N–H and O–H groups in total. The number of fused-ring (bicyclic) bond motifs is 1. The summed E-state index contributed by atoms with van der Waals surface area (Å²) in [6.07, 6.45) is 0.470. The number of aromatic nitrogens is 3. The van der Waals surface area contributed by atoms with Crippen LogP contribution in [0.5, 0.6) is 0 Å². The Kier molecular flexibility index (Phi) is 5.20. The second kappa shape index (κ2) is 6.95. The van der Waals surface area contributed by atoms with Crippen molar-refractivity contribution in [2.45, 2.75) is 46.6 Å². The van der Waals surface area contributed by atoms with Crippen molar-refractivity contribution >= 4 is 11.6 Å². The predicted molar refractivity (Wildman–Crippen MR) is 87.5 cm³/mol. The molecule has 7 nitrogen and oxygen atoms in total. The van der Waals surface area contributed by atoms with E-state index in [-0.39, 0.29) is 30.3 Å². The van der Waals surface area contributed by atoms with E-state index in [1.54, 1.807) is 4.52 Å². The van der Waals surface area contributed by atoms with Gasteiger partial charge in [-0.3, -0.25) is 14.7 Å². The molecule has 0 radical (unpaired) electrons. The summed E-state index contributed by atoms with van der Waals surface area (Å²) in [5.41, 5.74) is 2.60. The first kappa shape index (κ1) is 17.2. The van der Waals surface area contributed by atoms with Crippen LogP contribution < -0.4 is 10.9 Å². The number of hydrogen-bond donors (Lipinski definition) is 3. The molecular weight excluding hydrogens is 296 g/mol. The third-order valence-corrected chi connectivity index (χ3v) is 4.35. The van der Waals surface area contributed by atoms with Gasteiger partial charge in [-0.05, 0) is 19.8 Å². The average Bonchev–Trinajstić information content (AvgIpc) is 2.88. The molecule has 2 aromatic rings. The van der Waals surface area contributed by atoms with E-state index in [1.165, 1.54) is 6.07 Å². The Morgan fingerprint density at radius 2 is 2.17 bits per heavy atom. The first-order chi connectivity index (χ1) is 10.8. The number of carbonyl (C=O) groups is 1. The highest BCUT2D eigenvalue weighted by Crippen LogP contribution is 2.14. The highest BCUT2D eigenvalue weighted by Gasteiger charge is 2.16. The van der Waals surface area contributed by atoms with Gasteiger partial charge in [0.15, 0.2) is 5.65 Å². The Morgan fingerprint density at radius 1 is 1.48 bits per heavy atom. The van der Waals surface area contributed by atoms with Crippen molar-refractivity contribution in [3.63, 3.8) is 0 Å². The fourth-order valence-corrected chi connectivity index (χ4v) is 2.53. The molecule has 23 heavy (non-hydrogen) atoms. The van der Waals surface area contributed by atoms with E-state index in [0.29, 0.717) is 5.65 Å². The molecule has 1 amide bonds. The summed E-state index contributed by atoms with van der Waals surface area (Å²) in [7, 11) is 0. The first-order valence-electron chi connectivity index (χ1n) is 7.86. The Labute approximate surface area is 134 Å². The zero-order chi connectivity index (χ0) is 17.1. The van der Waals surface area contributed by atoms with Crippen LogP contribution in [0.25, 0.3) is 5.65 Å². The summed E-state index contributed by atoms with van der Waals surface area (Å²) in [4.78, 5) is 27.9. The maximum atomic E-state index is 12.1. The highest BCUT2D eigenvalue weighted by molar-refractivity contribution is 5.79. The number of carbonyl (C=O) groups excluding carboxylic acids is 1. The van der Waals surface area contributed by atoms with E-state index < -0.39 is 6.10 Å². The number of nitrogens with zero attached hydrogens (tertiary/aromatic N) is 2. The topological polar surface area (TPSA) is 99.5 Å². The molecule has 0 bridgehead atoms. The summed E-state index contributed by atoms with van der Waals surface area (Å²) in [5.74, 6) is -0.0315. The lowest BCUT2D eigenvalue weighted by Gasteiger charge is -2.18. The van der Waals surface area contributed by atoms with Crippen molar-refractivity contribution < 1.29 is 9.90 Å². The largest absolute Gasteiger partial charge is 0.391 e. The molecule has 2 unspecified atom stereocenters. The maximum Gasteiger partial charge on any atom is 0.266 e. The molecule has 0 aromatic carbocycles. The molecule has 0 fully saturated rings. The van der Waals surface area contributed by atoms with Crippen molar-refractivity contribution in [1.82, 2.24) is 19.9 Å². The zero-order valence-corrected chi connectivity index (χ0v) is 14.0. The van der Waals surface area contributed by atoms with Gasteiger partial charge in [0.2, 0.25) is 5.91 Å². The molecule has 2 atom stereocenters. The lowest BCUT2D eigenvalue weighted by atomic mass is 10.0. The molecule has 0 saturated carbocycles. The van der Waals surface area contributed by atoms with Gasteiger partial charge in [-0.15, -0.1) is 0 Å². The number of amides is 1. The molecule has 7 heteroatoms. The number of aromatic amines is 1. The summed E-state index contributed by atoms with van der Waals surface area (Å²) in [6, 6.07) is 1.42. The van der Waals surface area contributed by atoms with E-state index >= 15 is 0 Å². The molecule has 0 spiro atoms. The minimum atomic E-state index is -0.549. The Morgan fingerprint density at radius 3 is 2.83 bits per heavy atom. The van der Waals surface area contributed by atoms with E-state index in [0.717, 1.165) is 23.4 Å². The van der Waals surface area contributed by atoms with Crippen LogP contribution in [0.15, 0.2) is 10.9 Å². The van der Waals surface area contributed by atoms with Crippen molar-refractivity contribution in [3.05, 3.63) is 33.4 Å². The minimum Gasteiger partial charge on any atom is -0.391 e. The number of nitrogens with one attached hydrogen (secondary N) is 2. The lowest BCUT2D eigenvalue weighted by molar-refractivity contribution is -0.121. The van der Waals surface area contributed by atoms with Gasteiger partial charge in [0.25, 0.3) is 5.56 Å². The number of hydrogen-bond acceptors (Lipinski definition) is 4. The fraction of sp³-hybridized carbons (Fsp3) is 0.562. The summed E-state index contributed by atoms with van der Waals surface area (Å²) in [6.45, 7) is 7.85. The minimum absolute atomic E-state index is 0.140. The number of H-pyrrole nitrogens is 1. The predicted octanol–water partition coefficient (Wildman–Crippen LogP) is 0.705. The molecule has 126 valence electrons. The fourth-order valence-electron chi connectivity index (χ4n) is 2.53. The number of aliphatic hydroxyl groups is 1. The van der Waals surface area contributed by atoms with Gasteiger partial charge in [0.05, 0.1) is 12.5 Å². The molecular formula is C16H24N4O3. The molecule has 0 aliphatic heterocycles. The van der Waals surface area contributed by atoms with Crippen LogP contribution in [-0.2, 0) is 11.2 Å². The summed E-state index contributed by atoms with van der Waals surface area (Å²) in [5, 5.41) is 15.3. The zero-order valence-electron chi connectivity index (χ0n) is 14.0. The summed E-state index contributed by atoms with van der Waals surface area (Å²) < 4.78 is 1.59. The van der Waals surface area contributed by atoms with E-state index in [2.05, 4.69) is 15.4 Å². The quantitative estimate of drug-likeness (QED) is 0.729. The van der Waals surface area contributed by atoms with Crippen LogP contribution >= 0.6 is 0 Å². The molecule has 0 aliphatic carbocycles. The third kappa shape index (κ3) is 3.79. The molecule has 0 saturated heterocycles. The van der Waals surface area contributed by atoms with E-state index in [1.807, 2.05) is 27.7 Å². The van der Waals surface area contributed by atoms with Crippen LogP contribution in [0.4, 0.5) is 0 Å². The van der Waals surface area contributed by atoms with Crippen molar-refractivity contribution in [1.29, 1.82) is 0 Å². The van der Waals surface area contributed by atoms with Gasteiger partial charge < -0.3 is 10.4 Å². The first-order valence-corrected chi connectivity index (χ1v) is 7.86. The number of aliphatic hydroxyl groups excluding tert-OH is 1. The van der Waals surface area contributed by atoms with Crippen molar-refractivity contribution in [2.75, 3.05) is 6.54 Å². The molecule has 2 aromatic heterocycles. The van der Waals surface area contributed by atoms with Gasteiger partial charge in [-0.25, -0.2) is 9.50 Å². The van der Waals surface area contributed by atoms with Gasteiger partial charge in [0.1, 0.15) is 0 Å². The van der Waals surface area contributed by atoms with Gasteiger partial charge in [-0.1, -0.05) is 20.3 Å². The second-order valence-electron chi connectivity index (χ2n) is 6.01. The van der Waals surface area contributed by atoms with Crippen LogP contribution in [-0.4, -0.2) is 38.3 Å². The Hall–Kier alpha value is -2.15. The van der Waals surface area contributed by atoms with Gasteiger partial charge in [-0.2, -0.15) is 0 Å². The highest BCUT2D eigenvalue weighted by atomic mass is 16.3. The van der Waals surface area contributed by atoms with Gasteiger partial charge in [0, 0.05) is 29.6 Å². The van der Waals surface area contributed by atoms with Crippen LogP contribution in [0.3, 0.4) is 0 Å². The molecule has 2 heterocycles. The Balaban J connectivity index is 2.12. The van der Waals surface area contributed by atoms with E-state index in [9.17, 15) is 14.7 Å². The second-order valence-corrected chi connectivity index (χ2v) is 6.01. The van der Waals surface area contributed by atoms with Crippen molar-refractivity contribution in [2.24, 2.45) is 5.92 Å². The molecule has 2 rings (SSSR count). The van der Waals surface area contributed by atoms with Crippen LogP contribution in [0.2, 0.25) is 0 Å². The molecule has 0 aliphatic rings. The average molecular weight is 320 g/mol. The van der Waals surface area contributed by atoms with Crippen LogP contribution in [0, 0.1) is 19.8 Å². The Bertz CT molecular complexity index is 763. The normalized spacial score (nSPS) is 14.0. The smallest absolute Gasteiger partial charge is 0.266 e. The maximum absolute atomic E-state index is 12.1. The summed E-state index contributed by atoms with van der Waals surface area (Å²) >= 11 is 0. The monoisotopic (exact) mass is 320 g/mol. The third-order valence-electron chi connectivity index (χ3n) is 4.35. The standard InChI is InChI=1S/C16H24N4O3/c1-5-9(2)13(21)8-17-15(22)6-12-10(3)18-14-7-16(23)19-20(14)11(12)4/h7,9,13,21H,5-6,8H2,1-4H3,(H,17,22)(H,19,23). The van der Waals surface area contributed by atoms with Crippen molar-refractivity contribution in [3.8, 4) is 0 Å². The van der Waals surface area contributed by atoms with Crippen LogP contribution in [0.1, 0.15) is 37.2 Å². The van der Waals surface area contributed by atoms with E-state index in [4.69, 9.17) is 0 Å². The lowest BCUT2D eigenvalue weighted by Crippen LogP contribution is -2.36.